The summed E-state index contributed by atoms with van der Waals surface area (Å²) < 4.78 is 6.87. The van der Waals surface area contributed by atoms with Crippen LogP contribution in [0.2, 0.25) is 0 Å². The third-order valence-electron chi connectivity index (χ3n) is 2.73. The summed E-state index contributed by atoms with van der Waals surface area (Å²) in [7, 11) is 4.08. The lowest BCUT2D eigenvalue weighted by atomic mass is 10.3. The van der Waals surface area contributed by atoms with Crippen LogP contribution in [0.4, 0.5) is 5.69 Å². The minimum Gasteiger partial charge on any atom is -0.492 e. The first-order valence-corrected chi connectivity index (χ1v) is 8.15. The molecule has 1 heterocycles. The van der Waals surface area contributed by atoms with Crippen molar-refractivity contribution in [2.24, 2.45) is 0 Å². The zero-order valence-corrected chi connectivity index (χ0v) is 14.1. The zero-order chi connectivity index (χ0) is 14.4. The van der Waals surface area contributed by atoms with Crippen molar-refractivity contribution >= 4 is 33.0 Å². The molecule has 0 atom stereocenters. The van der Waals surface area contributed by atoms with E-state index in [2.05, 4.69) is 43.7 Å². The second kappa shape index (κ2) is 7.67. The molecule has 0 bridgehead atoms. The van der Waals surface area contributed by atoms with Gasteiger partial charge in [-0.05, 0) is 48.2 Å². The minimum atomic E-state index is 0.703. The molecule has 0 aliphatic carbocycles. The molecule has 0 spiro atoms. The Labute approximate surface area is 132 Å². The number of ether oxygens (including phenoxy) is 1. The van der Waals surface area contributed by atoms with E-state index in [4.69, 9.17) is 4.74 Å². The summed E-state index contributed by atoms with van der Waals surface area (Å²) in [5.74, 6) is 0.907. The Kier molecular flexibility index (Phi) is 5.88. The molecular formula is C15H19BrN2OS. The number of thiophene rings is 1. The van der Waals surface area contributed by atoms with Gasteiger partial charge in [-0.15, -0.1) is 11.3 Å². The molecule has 20 heavy (non-hydrogen) atoms. The number of hydrogen-bond donors (Lipinski definition) is 1. The summed E-state index contributed by atoms with van der Waals surface area (Å²) in [6, 6.07) is 10.2. The highest BCUT2D eigenvalue weighted by Gasteiger charge is 2.00. The Hall–Kier alpha value is -1.04. The molecule has 0 radical (unpaired) electrons. The van der Waals surface area contributed by atoms with Crippen molar-refractivity contribution in [3.8, 4) is 5.75 Å². The second-order valence-corrected chi connectivity index (χ2v) is 6.68. The monoisotopic (exact) mass is 354 g/mol. The fourth-order valence-corrected chi connectivity index (χ4v) is 3.07. The number of hydrogen-bond acceptors (Lipinski definition) is 4. The largest absolute Gasteiger partial charge is 0.492 e. The smallest absolute Gasteiger partial charge is 0.121 e. The van der Waals surface area contributed by atoms with Crippen molar-refractivity contribution in [2.45, 2.75) is 6.54 Å². The molecule has 1 aromatic heterocycles. The molecule has 3 nitrogen and oxygen atoms in total. The van der Waals surface area contributed by atoms with Crippen LogP contribution < -0.4 is 10.1 Å². The van der Waals surface area contributed by atoms with Crippen molar-refractivity contribution in [3.05, 3.63) is 45.1 Å². The van der Waals surface area contributed by atoms with E-state index in [1.807, 2.05) is 32.3 Å². The lowest BCUT2D eigenvalue weighted by molar-refractivity contribution is 0.261. The van der Waals surface area contributed by atoms with Crippen LogP contribution in [0, 0.1) is 0 Å². The van der Waals surface area contributed by atoms with Gasteiger partial charge in [0.1, 0.15) is 12.4 Å². The molecule has 0 saturated carbocycles. The van der Waals surface area contributed by atoms with Gasteiger partial charge in [-0.3, -0.25) is 0 Å². The molecule has 2 rings (SSSR count). The highest BCUT2D eigenvalue weighted by molar-refractivity contribution is 9.10. The van der Waals surface area contributed by atoms with Gasteiger partial charge in [0.15, 0.2) is 0 Å². The fourth-order valence-electron chi connectivity index (χ4n) is 1.68. The van der Waals surface area contributed by atoms with Gasteiger partial charge in [-0.1, -0.05) is 6.07 Å². The summed E-state index contributed by atoms with van der Waals surface area (Å²) in [6.45, 7) is 2.45. The van der Waals surface area contributed by atoms with E-state index >= 15 is 0 Å². The highest BCUT2D eigenvalue weighted by Crippen LogP contribution is 2.22. The molecule has 1 N–H and O–H groups in total. The van der Waals surface area contributed by atoms with Gasteiger partial charge < -0.3 is 15.0 Å². The Morgan fingerprint density at radius 3 is 2.85 bits per heavy atom. The first-order chi connectivity index (χ1) is 9.63. The van der Waals surface area contributed by atoms with Crippen molar-refractivity contribution < 1.29 is 4.74 Å². The van der Waals surface area contributed by atoms with Gasteiger partial charge in [0.2, 0.25) is 0 Å². The van der Waals surface area contributed by atoms with Crippen molar-refractivity contribution in [1.82, 2.24) is 4.90 Å². The Balaban J connectivity index is 1.85. The molecule has 0 aliphatic heterocycles. The number of nitrogens with one attached hydrogen (secondary N) is 1. The maximum Gasteiger partial charge on any atom is 0.121 e. The van der Waals surface area contributed by atoms with E-state index in [0.29, 0.717) is 6.61 Å². The van der Waals surface area contributed by atoms with E-state index in [1.54, 1.807) is 11.3 Å². The first kappa shape index (κ1) is 15.4. The van der Waals surface area contributed by atoms with Gasteiger partial charge in [0, 0.05) is 39.6 Å². The standard InChI is InChI=1S/C15H19BrN2OS/c1-18(2)6-7-19-14-5-3-4-13(9-14)17-10-15-8-12(16)11-20-15/h3-5,8-9,11,17H,6-7,10H2,1-2H3. The number of nitrogens with zero attached hydrogens (tertiary/aromatic N) is 1. The van der Waals surface area contributed by atoms with Gasteiger partial charge >= 0.3 is 0 Å². The van der Waals surface area contributed by atoms with Crippen molar-refractivity contribution in [1.29, 1.82) is 0 Å². The second-order valence-electron chi connectivity index (χ2n) is 4.76. The average molecular weight is 355 g/mol. The molecule has 5 heteroatoms. The van der Waals surface area contributed by atoms with Gasteiger partial charge in [-0.25, -0.2) is 0 Å². The van der Waals surface area contributed by atoms with Crippen LogP contribution >= 0.6 is 27.3 Å². The number of halogens is 1. The molecule has 0 fully saturated rings. The zero-order valence-electron chi connectivity index (χ0n) is 11.7. The van der Waals surface area contributed by atoms with Crippen LogP contribution in [0.5, 0.6) is 5.75 Å². The fraction of sp³-hybridized carbons (Fsp3) is 0.333. The maximum atomic E-state index is 5.73. The summed E-state index contributed by atoms with van der Waals surface area (Å²) >= 11 is 5.21. The third-order valence-corrected chi connectivity index (χ3v) is 4.43. The predicted octanol–water partition coefficient (Wildman–Crippen LogP) is 4.06. The first-order valence-electron chi connectivity index (χ1n) is 6.48. The molecule has 1 aromatic carbocycles. The van der Waals surface area contributed by atoms with Crippen molar-refractivity contribution in [3.63, 3.8) is 0 Å². The minimum absolute atomic E-state index is 0.703. The Bertz CT molecular complexity index is 542. The van der Waals surface area contributed by atoms with Crippen LogP contribution in [-0.2, 0) is 6.54 Å². The molecular weight excluding hydrogens is 336 g/mol. The quantitative estimate of drug-likeness (QED) is 0.811. The van der Waals surface area contributed by atoms with E-state index in [0.717, 1.165) is 29.0 Å². The summed E-state index contributed by atoms with van der Waals surface area (Å²) in [4.78, 5) is 3.41. The molecule has 0 saturated heterocycles. The summed E-state index contributed by atoms with van der Waals surface area (Å²) in [5.41, 5.74) is 1.08. The summed E-state index contributed by atoms with van der Waals surface area (Å²) in [5, 5.41) is 5.51. The molecule has 0 aliphatic rings. The third kappa shape index (κ3) is 5.15. The van der Waals surface area contributed by atoms with Crippen LogP contribution in [0.1, 0.15) is 4.88 Å². The Morgan fingerprint density at radius 1 is 1.30 bits per heavy atom. The molecule has 2 aromatic rings. The Morgan fingerprint density at radius 2 is 2.15 bits per heavy atom. The summed E-state index contributed by atoms with van der Waals surface area (Å²) in [6.07, 6.45) is 0. The molecule has 0 unspecified atom stereocenters. The average Bonchev–Trinajstić information content (AvgIpc) is 2.82. The highest BCUT2D eigenvalue weighted by atomic mass is 79.9. The van der Waals surface area contributed by atoms with Gasteiger partial charge in [0.25, 0.3) is 0 Å². The van der Waals surface area contributed by atoms with E-state index in [-0.39, 0.29) is 0 Å². The maximum absolute atomic E-state index is 5.73. The van der Waals surface area contributed by atoms with E-state index < -0.39 is 0 Å². The topological polar surface area (TPSA) is 24.5 Å². The lowest BCUT2D eigenvalue weighted by Crippen LogP contribution is -2.19. The van der Waals surface area contributed by atoms with Crippen molar-refractivity contribution in [2.75, 3.05) is 32.6 Å². The number of rotatable bonds is 7. The van der Waals surface area contributed by atoms with E-state index in [9.17, 15) is 0 Å². The van der Waals surface area contributed by atoms with Crippen LogP contribution in [-0.4, -0.2) is 32.1 Å². The molecule has 108 valence electrons. The number of anilines is 1. The predicted molar refractivity (Wildman–Crippen MR) is 89.8 cm³/mol. The van der Waals surface area contributed by atoms with Crippen LogP contribution in [0.3, 0.4) is 0 Å². The number of benzene rings is 1. The van der Waals surface area contributed by atoms with Gasteiger partial charge in [0.05, 0.1) is 0 Å². The van der Waals surface area contributed by atoms with E-state index in [1.165, 1.54) is 4.88 Å². The van der Waals surface area contributed by atoms with Gasteiger partial charge in [-0.2, -0.15) is 0 Å². The van der Waals surface area contributed by atoms with Crippen LogP contribution in [0.15, 0.2) is 40.2 Å². The number of likely N-dealkylation sites (N-methyl/N-ethyl adjacent to an activating group) is 1. The lowest BCUT2D eigenvalue weighted by Gasteiger charge is -2.12. The SMILES string of the molecule is CN(C)CCOc1cccc(NCc2cc(Br)cs2)c1. The van der Waals surface area contributed by atoms with Crippen LogP contribution in [0.25, 0.3) is 0 Å². The normalized spacial score (nSPS) is 10.8. The molecule has 0 amide bonds.